The SMILES string of the molecule is CC[C@H](O)c1ccc(Oc2nc3ccccn3c(=O)c2[N+](=O)[O-])cc1. The van der Waals surface area contributed by atoms with Gasteiger partial charge in [0.1, 0.15) is 11.4 Å². The van der Waals surface area contributed by atoms with Crippen LogP contribution < -0.4 is 10.3 Å². The maximum atomic E-state index is 12.3. The maximum absolute atomic E-state index is 12.3. The first-order valence-corrected chi connectivity index (χ1v) is 7.63. The van der Waals surface area contributed by atoms with E-state index in [0.29, 0.717) is 12.0 Å². The molecule has 3 rings (SSSR count). The van der Waals surface area contributed by atoms with Gasteiger partial charge in [0.25, 0.3) is 0 Å². The molecule has 0 amide bonds. The van der Waals surface area contributed by atoms with Crippen molar-refractivity contribution in [3.63, 3.8) is 0 Å². The van der Waals surface area contributed by atoms with Gasteiger partial charge in [-0.1, -0.05) is 25.1 Å². The molecule has 0 unspecified atom stereocenters. The lowest BCUT2D eigenvalue weighted by Gasteiger charge is -2.10. The molecule has 0 saturated carbocycles. The van der Waals surface area contributed by atoms with Crippen molar-refractivity contribution in [3.8, 4) is 11.6 Å². The molecule has 0 fully saturated rings. The van der Waals surface area contributed by atoms with Crippen LogP contribution in [0.4, 0.5) is 5.69 Å². The van der Waals surface area contributed by atoms with Crippen molar-refractivity contribution >= 4 is 11.3 Å². The number of fused-ring (bicyclic) bond motifs is 1. The first-order valence-electron chi connectivity index (χ1n) is 7.63. The molecule has 0 aliphatic rings. The highest BCUT2D eigenvalue weighted by molar-refractivity contribution is 5.50. The Morgan fingerprint density at radius 2 is 2.00 bits per heavy atom. The minimum absolute atomic E-state index is 0.242. The highest BCUT2D eigenvalue weighted by atomic mass is 16.6. The summed E-state index contributed by atoms with van der Waals surface area (Å²) in [7, 11) is 0. The third kappa shape index (κ3) is 3.20. The molecular weight excluding hydrogens is 326 g/mol. The summed E-state index contributed by atoms with van der Waals surface area (Å²) in [5.41, 5.74) is -0.605. The molecule has 2 heterocycles. The molecule has 0 bridgehead atoms. The monoisotopic (exact) mass is 341 g/mol. The number of ether oxygens (including phenoxy) is 1. The van der Waals surface area contributed by atoms with Crippen LogP contribution in [0.1, 0.15) is 25.0 Å². The van der Waals surface area contributed by atoms with E-state index >= 15 is 0 Å². The van der Waals surface area contributed by atoms with Gasteiger partial charge in [-0.2, -0.15) is 4.98 Å². The molecule has 25 heavy (non-hydrogen) atoms. The molecule has 1 aromatic carbocycles. The highest BCUT2D eigenvalue weighted by Gasteiger charge is 2.25. The van der Waals surface area contributed by atoms with Gasteiger partial charge in [-0.15, -0.1) is 0 Å². The fraction of sp³-hybridized carbons (Fsp3) is 0.176. The normalized spacial score (nSPS) is 12.1. The molecule has 0 saturated heterocycles. The number of hydrogen-bond donors (Lipinski definition) is 1. The summed E-state index contributed by atoms with van der Waals surface area (Å²) in [5.74, 6) is -0.0904. The van der Waals surface area contributed by atoms with Crippen LogP contribution in [-0.2, 0) is 0 Å². The zero-order valence-electron chi connectivity index (χ0n) is 13.3. The van der Waals surface area contributed by atoms with Crippen molar-refractivity contribution in [2.75, 3.05) is 0 Å². The molecule has 128 valence electrons. The number of aliphatic hydroxyl groups excluding tert-OH is 1. The van der Waals surface area contributed by atoms with E-state index in [1.807, 2.05) is 6.92 Å². The lowest BCUT2D eigenvalue weighted by molar-refractivity contribution is -0.387. The van der Waals surface area contributed by atoms with E-state index < -0.39 is 22.3 Å². The second-order valence-electron chi connectivity index (χ2n) is 5.35. The minimum atomic E-state index is -0.816. The third-order valence-corrected chi connectivity index (χ3v) is 3.73. The average molecular weight is 341 g/mol. The summed E-state index contributed by atoms with van der Waals surface area (Å²) in [6.07, 6.45) is 1.38. The molecule has 0 aliphatic heterocycles. The molecule has 0 radical (unpaired) electrons. The first kappa shape index (κ1) is 16.6. The van der Waals surface area contributed by atoms with Gasteiger partial charge in [-0.25, -0.2) is 0 Å². The van der Waals surface area contributed by atoms with Gasteiger partial charge in [0.05, 0.1) is 11.0 Å². The summed E-state index contributed by atoms with van der Waals surface area (Å²) in [5, 5.41) is 21.1. The van der Waals surface area contributed by atoms with Gasteiger partial charge in [-0.3, -0.25) is 19.3 Å². The number of rotatable bonds is 5. The smallest absolute Gasteiger partial charge is 0.396 e. The Morgan fingerprint density at radius 1 is 1.28 bits per heavy atom. The highest BCUT2D eigenvalue weighted by Crippen LogP contribution is 2.28. The molecule has 8 heteroatoms. The van der Waals surface area contributed by atoms with E-state index in [1.165, 1.54) is 6.20 Å². The Bertz CT molecular complexity index is 982. The van der Waals surface area contributed by atoms with Gasteiger partial charge in [-0.05, 0) is 36.2 Å². The van der Waals surface area contributed by atoms with Crippen molar-refractivity contribution < 1.29 is 14.8 Å². The summed E-state index contributed by atoms with van der Waals surface area (Å²) < 4.78 is 6.57. The predicted octanol–water partition coefficient (Wildman–Crippen LogP) is 2.84. The zero-order valence-corrected chi connectivity index (χ0v) is 13.3. The van der Waals surface area contributed by atoms with Gasteiger partial charge in [0.15, 0.2) is 0 Å². The lowest BCUT2D eigenvalue weighted by Crippen LogP contribution is -2.19. The van der Waals surface area contributed by atoms with Gasteiger partial charge < -0.3 is 9.84 Å². The standard InChI is InChI=1S/C17H15N3O5/c1-2-13(21)11-6-8-12(9-7-11)25-16-15(20(23)24)17(22)19-10-4-3-5-14(19)18-16/h3-10,13,21H,2H2,1H3/t13-/m0/s1. The number of aromatic nitrogens is 2. The Hall–Kier alpha value is -3.26. The van der Waals surface area contributed by atoms with Crippen LogP contribution in [0.2, 0.25) is 0 Å². The topological polar surface area (TPSA) is 107 Å². The molecule has 1 atom stereocenters. The summed E-state index contributed by atoms with van der Waals surface area (Å²) in [4.78, 5) is 26.9. The molecule has 0 spiro atoms. The summed E-state index contributed by atoms with van der Waals surface area (Å²) in [6, 6.07) is 11.2. The predicted molar refractivity (Wildman–Crippen MR) is 89.9 cm³/mol. The first-order chi connectivity index (χ1) is 12.0. The molecule has 2 aromatic heterocycles. The van der Waals surface area contributed by atoms with Crippen LogP contribution >= 0.6 is 0 Å². The van der Waals surface area contributed by atoms with Crippen LogP contribution in [0.25, 0.3) is 5.65 Å². The van der Waals surface area contributed by atoms with E-state index in [1.54, 1.807) is 42.5 Å². The number of pyridine rings is 1. The molecular formula is C17H15N3O5. The van der Waals surface area contributed by atoms with Crippen molar-refractivity contribution in [2.24, 2.45) is 0 Å². The summed E-state index contributed by atoms with van der Waals surface area (Å²) in [6.45, 7) is 1.85. The Morgan fingerprint density at radius 3 is 2.64 bits per heavy atom. The van der Waals surface area contributed by atoms with E-state index in [4.69, 9.17) is 4.74 Å². The number of nitrogens with zero attached hydrogens (tertiary/aromatic N) is 3. The van der Waals surface area contributed by atoms with Crippen molar-refractivity contribution in [3.05, 3.63) is 74.7 Å². The maximum Gasteiger partial charge on any atom is 0.396 e. The van der Waals surface area contributed by atoms with Crippen LogP contribution in [0, 0.1) is 10.1 Å². The second-order valence-corrected chi connectivity index (χ2v) is 5.35. The van der Waals surface area contributed by atoms with E-state index in [2.05, 4.69) is 4.98 Å². The molecule has 1 N–H and O–H groups in total. The van der Waals surface area contributed by atoms with Crippen LogP contribution in [0.15, 0.2) is 53.5 Å². The number of benzene rings is 1. The Kier molecular flexibility index (Phi) is 4.44. The van der Waals surface area contributed by atoms with E-state index in [-0.39, 0.29) is 17.3 Å². The summed E-state index contributed by atoms with van der Waals surface area (Å²) >= 11 is 0. The molecule has 3 aromatic rings. The van der Waals surface area contributed by atoms with Crippen molar-refractivity contribution in [1.29, 1.82) is 0 Å². The van der Waals surface area contributed by atoms with Gasteiger partial charge in [0.2, 0.25) is 0 Å². The number of hydrogen-bond acceptors (Lipinski definition) is 6. The van der Waals surface area contributed by atoms with E-state index in [9.17, 15) is 20.0 Å². The van der Waals surface area contributed by atoms with Crippen molar-refractivity contribution in [2.45, 2.75) is 19.4 Å². The fourth-order valence-electron chi connectivity index (χ4n) is 2.39. The lowest BCUT2D eigenvalue weighted by atomic mass is 10.1. The van der Waals surface area contributed by atoms with E-state index in [0.717, 1.165) is 4.40 Å². The second kappa shape index (κ2) is 6.70. The minimum Gasteiger partial charge on any atom is -0.433 e. The third-order valence-electron chi connectivity index (χ3n) is 3.73. The molecule has 0 aliphatic carbocycles. The van der Waals surface area contributed by atoms with Gasteiger partial charge in [0, 0.05) is 6.20 Å². The quantitative estimate of drug-likeness (QED) is 0.565. The van der Waals surface area contributed by atoms with Crippen LogP contribution in [0.5, 0.6) is 11.6 Å². The fourth-order valence-corrected chi connectivity index (χ4v) is 2.39. The number of nitro groups is 1. The molecule has 8 nitrogen and oxygen atoms in total. The largest absolute Gasteiger partial charge is 0.433 e. The Labute approximate surface area is 142 Å². The van der Waals surface area contributed by atoms with Crippen LogP contribution in [0.3, 0.4) is 0 Å². The van der Waals surface area contributed by atoms with Crippen LogP contribution in [-0.4, -0.2) is 19.4 Å². The van der Waals surface area contributed by atoms with Crippen molar-refractivity contribution in [1.82, 2.24) is 9.38 Å². The Balaban J connectivity index is 2.05. The number of aliphatic hydroxyl groups is 1. The zero-order chi connectivity index (χ0) is 18.0. The van der Waals surface area contributed by atoms with Gasteiger partial charge >= 0.3 is 17.1 Å². The average Bonchev–Trinajstić information content (AvgIpc) is 2.61.